The summed E-state index contributed by atoms with van der Waals surface area (Å²) in [6.45, 7) is -1.40. The predicted molar refractivity (Wildman–Crippen MR) is 47.1 cm³/mol. The molecule has 0 radical (unpaired) electrons. The van der Waals surface area contributed by atoms with Gasteiger partial charge in [0.25, 0.3) is 0 Å². The normalized spacial score (nSPS) is 19.4. The summed E-state index contributed by atoms with van der Waals surface area (Å²) >= 11 is 0. The topological polar surface area (TPSA) is 77.3 Å². The number of methoxy groups -OCH3 is 1. The van der Waals surface area contributed by atoms with Gasteiger partial charge in [-0.2, -0.15) is 12.9 Å². The number of rotatable bonds is 5. The van der Waals surface area contributed by atoms with Crippen molar-refractivity contribution in [2.24, 2.45) is 8.73 Å². The summed E-state index contributed by atoms with van der Waals surface area (Å²) in [5, 5.41) is 0. The maximum absolute atomic E-state index is 12.6. The highest BCUT2D eigenvalue weighted by atomic mass is 32.3. The van der Waals surface area contributed by atoms with Crippen LogP contribution in [0.15, 0.2) is 8.73 Å². The first-order valence-corrected chi connectivity index (χ1v) is 6.36. The van der Waals surface area contributed by atoms with E-state index < -0.39 is 34.0 Å². The van der Waals surface area contributed by atoms with Crippen LogP contribution >= 0.6 is 0 Å². The minimum Gasteiger partial charge on any atom is -0.357 e. The second kappa shape index (κ2) is 5.53. The molecule has 0 aliphatic carbocycles. The lowest BCUT2D eigenvalue weighted by Crippen LogP contribution is -2.02. The minimum absolute atomic E-state index is 0.560. The van der Waals surface area contributed by atoms with Crippen molar-refractivity contribution in [3.8, 4) is 0 Å². The van der Waals surface area contributed by atoms with Crippen molar-refractivity contribution in [3.05, 3.63) is 0 Å². The summed E-state index contributed by atoms with van der Waals surface area (Å²) in [6, 6.07) is 0. The molecule has 10 heteroatoms. The molecule has 0 amide bonds. The van der Waals surface area contributed by atoms with Gasteiger partial charge in [0.05, 0.1) is 0 Å². The molecule has 2 atom stereocenters. The van der Waals surface area contributed by atoms with Crippen LogP contribution in [0.4, 0.5) is 7.77 Å². The molecule has 0 aromatic heterocycles. The molecule has 0 aliphatic rings. The van der Waals surface area contributed by atoms with Crippen LogP contribution in [0.25, 0.3) is 0 Å². The molecule has 0 fully saturated rings. The van der Waals surface area contributed by atoms with Gasteiger partial charge in [0.1, 0.15) is 0 Å². The molecule has 0 aliphatic heterocycles. The highest BCUT2D eigenvalue weighted by Gasteiger charge is 2.05. The SMILES string of the molecule is COCOS(=O)(F)=NCN=S(C)(=O)F. The highest BCUT2D eigenvalue weighted by Crippen LogP contribution is 2.01. The fourth-order valence-corrected chi connectivity index (χ4v) is 1.16. The lowest BCUT2D eigenvalue weighted by Gasteiger charge is -1.98. The van der Waals surface area contributed by atoms with Crippen molar-refractivity contribution in [2.75, 3.05) is 26.8 Å². The minimum atomic E-state index is -4.40. The highest BCUT2D eigenvalue weighted by molar-refractivity contribution is 7.87. The van der Waals surface area contributed by atoms with Gasteiger partial charge in [-0.05, 0) is 0 Å². The van der Waals surface area contributed by atoms with E-state index in [2.05, 4.69) is 17.6 Å². The summed E-state index contributed by atoms with van der Waals surface area (Å²) in [4.78, 5) is 0. The zero-order chi connectivity index (χ0) is 11.2. The Morgan fingerprint density at radius 1 is 1.29 bits per heavy atom. The van der Waals surface area contributed by atoms with Gasteiger partial charge in [-0.15, -0.1) is 3.89 Å². The quantitative estimate of drug-likeness (QED) is 0.536. The third kappa shape index (κ3) is 8.29. The van der Waals surface area contributed by atoms with E-state index in [1.54, 1.807) is 0 Å². The fraction of sp³-hybridized carbons (Fsp3) is 1.00. The zero-order valence-electron chi connectivity index (χ0n) is 7.51. The average Bonchev–Trinajstić information content (AvgIpc) is 1.98. The molecular formula is C4H10F2N2O4S2. The van der Waals surface area contributed by atoms with Crippen molar-refractivity contribution >= 4 is 20.5 Å². The lowest BCUT2D eigenvalue weighted by molar-refractivity contribution is 0.0555. The lowest BCUT2D eigenvalue weighted by atomic mass is 11.3. The number of nitrogens with zero attached hydrogens (tertiary/aromatic N) is 2. The fourth-order valence-electron chi connectivity index (χ4n) is 0.340. The van der Waals surface area contributed by atoms with Crippen LogP contribution in [0.1, 0.15) is 0 Å². The van der Waals surface area contributed by atoms with Gasteiger partial charge in [-0.1, -0.05) is 3.89 Å². The van der Waals surface area contributed by atoms with E-state index in [1.165, 1.54) is 7.11 Å². The average molecular weight is 252 g/mol. The Morgan fingerprint density at radius 2 is 1.86 bits per heavy atom. The van der Waals surface area contributed by atoms with Gasteiger partial charge in [0.15, 0.2) is 13.5 Å². The molecule has 6 nitrogen and oxygen atoms in total. The molecule has 2 unspecified atom stereocenters. The zero-order valence-corrected chi connectivity index (χ0v) is 9.15. The molecule has 0 heterocycles. The molecule has 0 rings (SSSR count). The smallest absolute Gasteiger partial charge is 0.333 e. The van der Waals surface area contributed by atoms with E-state index in [0.29, 0.717) is 6.26 Å². The van der Waals surface area contributed by atoms with Crippen molar-refractivity contribution in [2.45, 2.75) is 0 Å². The molecule has 0 saturated carbocycles. The molecule has 0 spiro atoms. The molecule has 0 aromatic rings. The molecule has 86 valence electrons. The molecular weight excluding hydrogens is 242 g/mol. The van der Waals surface area contributed by atoms with Crippen LogP contribution in [-0.4, -0.2) is 35.2 Å². The Hall–Kier alpha value is -0.320. The molecule has 0 bridgehead atoms. The summed E-state index contributed by atoms with van der Waals surface area (Å²) in [5.74, 6) is 0. The number of halogens is 2. The van der Waals surface area contributed by atoms with E-state index in [1.807, 2.05) is 0 Å². The Labute approximate surface area is 81.7 Å². The Balaban J connectivity index is 4.38. The van der Waals surface area contributed by atoms with E-state index in [9.17, 15) is 16.2 Å². The van der Waals surface area contributed by atoms with E-state index in [4.69, 9.17) is 0 Å². The van der Waals surface area contributed by atoms with E-state index in [0.717, 1.165) is 0 Å². The third-order valence-corrected chi connectivity index (χ3v) is 2.20. The first-order valence-electron chi connectivity index (χ1n) is 3.20. The van der Waals surface area contributed by atoms with Gasteiger partial charge >= 0.3 is 10.4 Å². The molecule has 0 aromatic carbocycles. The monoisotopic (exact) mass is 252 g/mol. The van der Waals surface area contributed by atoms with Crippen LogP contribution in [0.2, 0.25) is 0 Å². The third-order valence-electron chi connectivity index (χ3n) is 0.812. The van der Waals surface area contributed by atoms with Gasteiger partial charge < -0.3 is 4.74 Å². The Morgan fingerprint density at radius 3 is 2.29 bits per heavy atom. The summed E-state index contributed by atoms with van der Waals surface area (Å²) in [5.41, 5.74) is 0. The van der Waals surface area contributed by atoms with Crippen molar-refractivity contribution in [1.82, 2.24) is 0 Å². The van der Waals surface area contributed by atoms with Gasteiger partial charge in [0.2, 0.25) is 10.1 Å². The summed E-state index contributed by atoms with van der Waals surface area (Å²) < 4.78 is 59.6. The van der Waals surface area contributed by atoms with Crippen molar-refractivity contribution in [3.63, 3.8) is 0 Å². The summed E-state index contributed by atoms with van der Waals surface area (Å²) in [6.07, 6.45) is 0.693. The Bertz CT molecular complexity index is 386. The van der Waals surface area contributed by atoms with Gasteiger partial charge in [0, 0.05) is 13.4 Å². The Kier molecular flexibility index (Phi) is 5.41. The molecule has 14 heavy (non-hydrogen) atoms. The maximum Gasteiger partial charge on any atom is 0.333 e. The molecule has 0 N–H and O–H groups in total. The standard InChI is InChI=1S/C4H10F2N2O4S2/c1-11-4-12-14(6,10)8-3-7-13(2,5)9/h3-4H2,1-2H3. The number of hydrogen-bond acceptors (Lipinski definition) is 6. The van der Waals surface area contributed by atoms with E-state index >= 15 is 0 Å². The van der Waals surface area contributed by atoms with E-state index in [-0.39, 0.29) is 0 Å². The van der Waals surface area contributed by atoms with Gasteiger partial charge in [-0.3, -0.25) is 0 Å². The summed E-state index contributed by atoms with van der Waals surface area (Å²) in [7, 11) is -7.07. The number of ether oxygens (including phenoxy) is 1. The van der Waals surface area contributed by atoms with Crippen LogP contribution in [0.3, 0.4) is 0 Å². The second-order valence-electron chi connectivity index (χ2n) is 2.05. The second-order valence-corrected chi connectivity index (χ2v) is 5.04. The van der Waals surface area contributed by atoms with Crippen molar-refractivity contribution in [1.29, 1.82) is 0 Å². The largest absolute Gasteiger partial charge is 0.357 e. The maximum atomic E-state index is 12.6. The van der Waals surface area contributed by atoms with Gasteiger partial charge in [-0.25, -0.2) is 8.39 Å². The first-order chi connectivity index (χ1) is 6.27. The molecule has 0 saturated heterocycles. The van der Waals surface area contributed by atoms with Crippen LogP contribution < -0.4 is 0 Å². The van der Waals surface area contributed by atoms with Crippen LogP contribution in [-0.2, 0) is 29.4 Å². The van der Waals surface area contributed by atoms with Crippen LogP contribution in [0.5, 0.6) is 0 Å². The van der Waals surface area contributed by atoms with Crippen LogP contribution in [0, 0.1) is 0 Å². The first kappa shape index (κ1) is 13.7. The van der Waals surface area contributed by atoms with Crippen molar-refractivity contribution < 1.29 is 25.1 Å². The number of hydrogen-bond donors (Lipinski definition) is 0. The predicted octanol–water partition coefficient (Wildman–Crippen LogP) is 0.814.